The predicted molar refractivity (Wildman–Crippen MR) is 87.2 cm³/mol. The molecule has 0 heterocycles. The molecule has 1 saturated carbocycles. The number of hydrogen-bond donors (Lipinski definition) is 3. The minimum absolute atomic E-state index is 0. The molecule has 1 amide bonds. The van der Waals surface area contributed by atoms with Crippen molar-refractivity contribution in [3.05, 3.63) is 35.4 Å². The van der Waals surface area contributed by atoms with E-state index in [0.717, 1.165) is 25.7 Å². The molecule has 0 radical (unpaired) electrons. The second-order valence-electron chi connectivity index (χ2n) is 5.68. The van der Waals surface area contributed by atoms with Gasteiger partial charge in [-0.1, -0.05) is 42.7 Å². The smallest absolute Gasteiger partial charge is 0.322 e. The van der Waals surface area contributed by atoms with Gasteiger partial charge in [0.2, 0.25) is 5.91 Å². The summed E-state index contributed by atoms with van der Waals surface area (Å²) in [5.74, 6) is -1.31. The lowest BCUT2D eigenvalue weighted by atomic mass is 9.87. The van der Waals surface area contributed by atoms with Crippen LogP contribution in [0.5, 0.6) is 0 Å². The van der Waals surface area contributed by atoms with Gasteiger partial charge >= 0.3 is 5.97 Å². The van der Waals surface area contributed by atoms with Crippen LogP contribution in [0.25, 0.3) is 0 Å². The monoisotopic (exact) mass is 326 g/mol. The molecule has 5 nitrogen and oxygen atoms in total. The number of hydrogen-bond acceptors (Lipinski definition) is 3. The normalized spacial score (nSPS) is 15.9. The van der Waals surface area contributed by atoms with E-state index in [4.69, 9.17) is 5.11 Å². The van der Waals surface area contributed by atoms with E-state index in [-0.39, 0.29) is 36.9 Å². The SMILES string of the molecule is Cc1cccc(C2(NCC(=O)NCC(=O)O)CCCC2)c1.Cl. The molecule has 0 aromatic heterocycles. The molecule has 0 aliphatic heterocycles. The molecule has 6 heteroatoms. The molecule has 1 aromatic rings. The van der Waals surface area contributed by atoms with E-state index in [2.05, 4.69) is 35.8 Å². The van der Waals surface area contributed by atoms with E-state index in [1.165, 1.54) is 11.1 Å². The number of rotatable bonds is 6. The molecule has 1 fully saturated rings. The molecule has 22 heavy (non-hydrogen) atoms. The van der Waals surface area contributed by atoms with E-state index in [1.54, 1.807) is 0 Å². The summed E-state index contributed by atoms with van der Waals surface area (Å²) in [6.07, 6.45) is 4.28. The summed E-state index contributed by atoms with van der Waals surface area (Å²) >= 11 is 0. The van der Waals surface area contributed by atoms with Gasteiger partial charge in [-0.3, -0.25) is 14.9 Å². The molecule has 1 aromatic carbocycles. The van der Waals surface area contributed by atoms with Crippen LogP contribution in [0.2, 0.25) is 0 Å². The van der Waals surface area contributed by atoms with Crippen molar-refractivity contribution in [3.8, 4) is 0 Å². The summed E-state index contributed by atoms with van der Waals surface area (Å²) in [6, 6.07) is 8.36. The Labute approximate surface area is 136 Å². The third kappa shape index (κ3) is 4.71. The van der Waals surface area contributed by atoms with Gasteiger partial charge < -0.3 is 10.4 Å². The average Bonchev–Trinajstić information content (AvgIpc) is 2.93. The third-order valence-electron chi connectivity index (χ3n) is 4.05. The fourth-order valence-corrected chi connectivity index (χ4v) is 2.97. The second kappa shape index (κ2) is 8.15. The van der Waals surface area contributed by atoms with Crippen LogP contribution in [0.3, 0.4) is 0 Å². The van der Waals surface area contributed by atoms with E-state index in [1.807, 2.05) is 6.07 Å². The maximum absolute atomic E-state index is 11.7. The van der Waals surface area contributed by atoms with E-state index < -0.39 is 5.97 Å². The molecule has 0 atom stereocenters. The van der Waals surface area contributed by atoms with Crippen LogP contribution in [-0.2, 0) is 15.1 Å². The third-order valence-corrected chi connectivity index (χ3v) is 4.05. The number of amides is 1. The highest BCUT2D eigenvalue weighted by molar-refractivity contribution is 5.85. The van der Waals surface area contributed by atoms with Crippen molar-refractivity contribution in [3.63, 3.8) is 0 Å². The summed E-state index contributed by atoms with van der Waals surface area (Å²) in [5, 5.41) is 14.3. The van der Waals surface area contributed by atoms with E-state index >= 15 is 0 Å². The van der Waals surface area contributed by atoms with Crippen LogP contribution in [0, 0.1) is 6.92 Å². The fraction of sp³-hybridized carbons (Fsp3) is 0.500. The van der Waals surface area contributed by atoms with Crippen molar-refractivity contribution in [2.75, 3.05) is 13.1 Å². The summed E-state index contributed by atoms with van der Waals surface area (Å²) in [4.78, 5) is 22.2. The molecular formula is C16H23ClN2O3. The molecule has 0 bridgehead atoms. The molecular weight excluding hydrogens is 304 g/mol. The Morgan fingerprint density at radius 3 is 2.50 bits per heavy atom. The first-order valence-electron chi connectivity index (χ1n) is 7.32. The fourth-order valence-electron chi connectivity index (χ4n) is 2.97. The van der Waals surface area contributed by atoms with Crippen LogP contribution in [0.1, 0.15) is 36.8 Å². The predicted octanol–water partition coefficient (Wildman–Crippen LogP) is 1.98. The van der Waals surface area contributed by atoms with Crippen molar-refractivity contribution in [1.82, 2.24) is 10.6 Å². The number of aryl methyl sites for hydroxylation is 1. The number of aliphatic carboxylic acids is 1. The summed E-state index contributed by atoms with van der Waals surface area (Å²) in [7, 11) is 0. The maximum atomic E-state index is 11.7. The van der Waals surface area contributed by atoms with Crippen LogP contribution in [0.15, 0.2) is 24.3 Å². The molecule has 3 N–H and O–H groups in total. The Hall–Kier alpha value is -1.59. The van der Waals surface area contributed by atoms with Gasteiger partial charge in [-0.25, -0.2) is 0 Å². The highest BCUT2D eigenvalue weighted by Crippen LogP contribution is 2.38. The highest BCUT2D eigenvalue weighted by atomic mass is 35.5. The van der Waals surface area contributed by atoms with Crippen LogP contribution in [0.4, 0.5) is 0 Å². The van der Waals surface area contributed by atoms with Gasteiger partial charge in [0.05, 0.1) is 6.54 Å². The number of carboxylic acids is 1. The van der Waals surface area contributed by atoms with Crippen LogP contribution in [-0.4, -0.2) is 30.1 Å². The number of benzene rings is 1. The second-order valence-corrected chi connectivity index (χ2v) is 5.68. The Bertz CT molecular complexity index is 528. The Morgan fingerprint density at radius 2 is 1.91 bits per heavy atom. The zero-order chi connectivity index (χ0) is 15.3. The lowest BCUT2D eigenvalue weighted by molar-refractivity contribution is -0.137. The standard InChI is InChI=1S/C16H22N2O3.ClH/c1-12-5-4-6-13(9-12)16(7-2-3-8-16)18-10-14(19)17-11-15(20)21;/h4-6,9,18H,2-3,7-8,10-11H2,1H3,(H,17,19)(H,20,21);1H. The molecule has 0 saturated heterocycles. The van der Waals surface area contributed by atoms with E-state index in [0.29, 0.717) is 0 Å². The zero-order valence-corrected chi connectivity index (χ0v) is 13.5. The van der Waals surface area contributed by atoms with Gasteiger partial charge in [0.25, 0.3) is 0 Å². The van der Waals surface area contributed by atoms with Crippen LogP contribution < -0.4 is 10.6 Å². The molecule has 0 unspecified atom stereocenters. The van der Waals surface area contributed by atoms with Crippen molar-refractivity contribution in [2.45, 2.75) is 38.1 Å². The lowest BCUT2D eigenvalue weighted by Gasteiger charge is -2.31. The zero-order valence-electron chi connectivity index (χ0n) is 12.7. The van der Waals surface area contributed by atoms with Gasteiger partial charge in [0.1, 0.15) is 6.54 Å². The number of nitrogens with one attached hydrogen (secondary N) is 2. The van der Waals surface area contributed by atoms with Crippen molar-refractivity contribution < 1.29 is 14.7 Å². The first-order valence-corrected chi connectivity index (χ1v) is 7.32. The first kappa shape index (κ1) is 18.5. The summed E-state index contributed by atoms with van der Waals surface area (Å²) in [5.41, 5.74) is 2.26. The topological polar surface area (TPSA) is 78.4 Å². The Kier molecular flexibility index (Phi) is 6.84. The molecule has 1 aliphatic carbocycles. The minimum atomic E-state index is -1.03. The number of halogens is 1. The Morgan fingerprint density at radius 1 is 1.23 bits per heavy atom. The Balaban J connectivity index is 0.00000242. The molecule has 1 aliphatic rings. The van der Waals surface area contributed by atoms with Crippen molar-refractivity contribution in [2.24, 2.45) is 0 Å². The largest absolute Gasteiger partial charge is 0.480 e. The number of carbonyl (C=O) groups is 2. The quantitative estimate of drug-likeness (QED) is 0.747. The minimum Gasteiger partial charge on any atom is -0.480 e. The lowest BCUT2D eigenvalue weighted by Crippen LogP contribution is -2.46. The summed E-state index contributed by atoms with van der Waals surface area (Å²) in [6.45, 7) is 1.87. The average molecular weight is 327 g/mol. The van der Waals surface area contributed by atoms with Gasteiger partial charge in [0.15, 0.2) is 0 Å². The van der Waals surface area contributed by atoms with Gasteiger partial charge in [-0.05, 0) is 25.3 Å². The molecule has 2 rings (SSSR count). The van der Waals surface area contributed by atoms with Crippen LogP contribution >= 0.6 is 12.4 Å². The molecule has 0 spiro atoms. The van der Waals surface area contributed by atoms with Gasteiger partial charge in [-0.15, -0.1) is 12.4 Å². The summed E-state index contributed by atoms with van der Waals surface area (Å²) < 4.78 is 0. The number of carbonyl (C=O) groups excluding carboxylic acids is 1. The maximum Gasteiger partial charge on any atom is 0.322 e. The van der Waals surface area contributed by atoms with Crippen molar-refractivity contribution in [1.29, 1.82) is 0 Å². The van der Waals surface area contributed by atoms with Crippen molar-refractivity contribution >= 4 is 24.3 Å². The van der Waals surface area contributed by atoms with Gasteiger partial charge in [-0.2, -0.15) is 0 Å². The highest BCUT2D eigenvalue weighted by Gasteiger charge is 2.35. The number of carboxylic acid groups (broad SMARTS) is 1. The van der Waals surface area contributed by atoms with E-state index in [9.17, 15) is 9.59 Å². The first-order chi connectivity index (χ1) is 10.0. The van der Waals surface area contributed by atoms with Gasteiger partial charge in [0, 0.05) is 5.54 Å². The molecule has 122 valence electrons.